The monoisotopic (exact) mass is 299 g/mol. The minimum absolute atomic E-state index is 0.397. The normalized spacial score (nSPS) is 15.8. The summed E-state index contributed by atoms with van der Waals surface area (Å²) in [6, 6.07) is 1.88. The second kappa shape index (κ2) is 6.08. The highest BCUT2D eigenvalue weighted by atomic mass is 32.2. The second-order valence-corrected chi connectivity index (χ2v) is 5.60. The molecule has 8 heteroatoms. The number of halogens is 1. The molecule has 1 heterocycles. The molecule has 0 radical (unpaired) electrons. The van der Waals surface area contributed by atoms with E-state index in [9.17, 15) is 19.3 Å². The molecule has 0 aromatic heterocycles. The van der Waals surface area contributed by atoms with Crippen molar-refractivity contribution in [2.45, 2.75) is 6.42 Å². The van der Waals surface area contributed by atoms with Crippen LogP contribution in [0.2, 0.25) is 0 Å². The van der Waals surface area contributed by atoms with Gasteiger partial charge in [0, 0.05) is 24.9 Å². The molecule has 0 atom stereocenters. The van der Waals surface area contributed by atoms with Crippen LogP contribution in [0.15, 0.2) is 12.1 Å². The summed E-state index contributed by atoms with van der Waals surface area (Å²) in [5.74, 6) is 0.306. The molecule has 1 fully saturated rings. The van der Waals surface area contributed by atoms with Crippen molar-refractivity contribution in [2.75, 3.05) is 30.3 Å². The molecule has 1 aromatic rings. The fraction of sp³-hybridized carbons (Fsp3) is 0.417. The van der Waals surface area contributed by atoms with E-state index in [4.69, 9.17) is 5.73 Å². The number of thioether (sulfide) groups is 1. The molecule has 2 rings (SSSR count). The predicted octanol–water partition coefficient (Wildman–Crippen LogP) is 1.90. The Kier molecular flexibility index (Phi) is 4.43. The molecule has 2 N–H and O–H groups in total. The highest BCUT2D eigenvalue weighted by Crippen LogP contribution is 2.29. The van der Waals surface area contributed by atoms with E-state index in [-0.39, 0.29) is 0 Å². The molecule has 1 aliphatic rings. The van der Waals surface area contributed by atoms with Gasteiger partial charge in [0.1, 0.15) is 17.1 Å². The Morgan fingerprint density at radius 2 is 2.15 bits per heavy atom. The van der Waals surface area contributed by atoms with Crippen molar-refractivity contribution < 1.29 is 14.1 Å². The lowest BCUT2D eigenvalue weighted by atomic mass is 10.1. The molecule has 1 aliphatic heterocycles. The number of nitrogens with two attached hydrogens (primary N) is 1. The van der Waals surface area contributed by atoms with Crippen LogP contribution in [-0.2, 0) is 0 Å². The van der Waals surface area contributed by atoms with Crippen molar-refractivity contribution >= 4 is 29.0 Å². The summed E-state index contributed by atoms with van der Waals surface area (Å²) >= 11 is 1.72. The van der Waals surface area contributed by atoms with Gasteiger partial charge in [-0.3, -0.25) is 14.9 Å². The van der Waals surface area contributed by atoms with E-state index in [1.54, 1.807) is 11.8 Å². The fourth-order valence-corrected chi connectivity index (χ4v) is 2.95. The smallest absolute Gasteiger partial charge is 0.293 e. The maximum atomic E-state index is 13.8. The number of rotatable bonds is 2. The summed E-state index contributed by atoms with van der Waals surface area (Å²) in [5.41, 5.74) is 4.35. The van der Waals surface area contributed by atoms with E-state index in [0.717, 1.165) is 30.1 Å². The SMILES string of the molecule is Nc1c([N+](=O)[O-])ccc(F)c1C(=O)N1CCCSCC1. The standard InChI is InChI=1S/C12H14FN3O3S/c13-8-2-3-9(16(18)19)11(14)10(8)12(17)15-4-1-6-20-7-5-15/h2-3H,1,4-7,14H2. The van der Waals surface area contributed by atoms with Crippen molar-refractivity contribution in [1.29, 1.82) is 0 Å². The second-order valence-electron chi connectivity index (χ2n) is 4.37. The lowest BCUT2D eigenvalue weighted by Gasteiger charge is -2.21. The van der Waals surface area contributed by atoms with Gasteiger partial charge in [-0.2, -0.15) is 11.8 Å². The number of nitro benzene ring substituents is 1. The van der Waals surface area contributed by atoms with Crippen LogP contribution >= 0.6 is 11.8 Å². The number of nitrogen functional groups attached to an aromatic ring is 1. The number of amides is 1. The number of hydrogen-bond acceptors (Lipinski definition) is 5. The average Bonchev–Trinajstić information content (AvgIpc) is 2.66. The molecule has 1 aromatic carbocycles. The molecule has 0 aliphatic carbocycles. The largest absolute Gasteiger partial charge is 0.392 e. The third-order valence-corrected chi connectivity index (χ3v) is 4.14. The first-order chi connectivity index (χ1) is 9.52. The number of carbonyl (C=O) groups is 1. The molecule has 1 saturated heterocycles. The van der Waals surface area contributed by atoms with E-state index in [2.05, 4.69) is 0 Å². The number of nitro groups is 1. The van der Waals surface area contributed by atoms with Crippen molar-refractivity contribution in [2.24, 2.45) is 0 Å². The summed E-state index contributed by atoms with van der Waals surface area (Å²) < 4.78 is 13.8. The first kappa shape index (κ1) is 14.6. The molecular formula is C12H14FN3O3S. The van der Waals surface area contributed by atoms with Crippen molar-refractivity contribution in [3.05, 3.63) is 33.6 Å². The van der Waals surface area contributed by atoms with Gasteiger partial charge in [-0.05, 0) is 18.2 Å². The van der Waals surface area contributed by atoms with E-state index in [0.29, 0.717) is 13.1 Å². The highest BCUT2D eigenvalue weighted by Gasteiger charge is 2.27. The third kappa shape index (κ3) is 2.84. The third-order valence-electron chi connectivity index (χ3n) is 3.09. The maximum Gasteiger partial charge on any atom is 0.293 e. The summed E-state index contributed by atoms with van der Waals surface area (Å²) in [4.78, 5) is 23.9. The zero-order valence-electron chi connectivity index (χ0n) is 10.7. The van der Waals surface area contributed by atoms with Gasteiger partial charge in [0.25, 0.3) is 11.6 Å². The summed E-state index contributed by atoms with van der Waals surface area (Å²) in [6.45, 7) is 0.998. The minimum Gasteiger partial charge on any atom is -0.392 e. The Hall–Kier alpha value is -1.83. The first-order valence-electron chi connectivity index (χ1n) is 6.11. The van der Waals surface area contributed by atoms with E-state index >= 15 is 0 Å². The van der Waals surface area contributed by atoms with Crippen LogP contribution in [0.4, 0.5) is 15.8 Å². The predicted molar refractivity (Wildman–Crippen MR) is 75.3 cm³/mol. The maximum absolute atomic E-state index is 13.8. The Morgan fingerprint density at radius 3 is 2.85 bits per heavy atom. The number of anilines is 1. The highest BCUT2D eigenvalue weighted by molar-refractivity contribution is 7.99. The number of hydrogen-bond donors (Lipinski definition) is 1. The van der Waals surface area contributed by atoms with Crippen molar-refractivity contribution in [3.63, 3.8) is 0 Å². The molecule has 0 bridgehead atoms. The van der Waals surface area contributed by atoms with Gasteiger partial charge < -0.3 is 10.6 Å². The number of nitrogens with zero attached hydrogens (tertiary/aromatic N) is 2. The van der Waals surface area contributed by atoms with Crippen LogP contribution in [0.1, 0.15) is 16.8 Å². The van der Waals surface area contributed by atoms with Crippen molar-refractivity contribution in [3.8, 4) is 0 Å². The topological polar surface area (TPSA) is 89.5 Å². The molecule has 20 heavy (non-hydrogen) atoms. The Balaban J connectivity index is 2.37. The van der Waals surface area contributed by atoms with Crippen LogP contribution in [-0.4, -0.2) is 40.3 Å². The molecule has 108 valence electrons. The van der Waals surface area contributed by atoms with Crippen LogP contribution in [0, 0.1) is 15.9 Å². The van der Waals surface area contributed by atoms with Crippen LogP contribution < -0.4 is 5.73 Å². The quantitative estimate of drug-likeness (QED) is 0.512. The van der Waals surface area contributed by atoms with Crippen LogP contribution in [0.5, 0.6) is 0 Å². The van der Waals surface area contributed by atoms with E-state index < -0.39 is 33.6 Å². The fourth-order valence-electron chi connectivity index (χ4n) is 2.07. The van der Waals surface area contributed by atoms with Gasteiger partial charge in [0.05, 0.1) is 4.92 Å². The molecular weight excluding hydrogens is 285 g/mol. The first-order valence-corrected chi connectivity index (χ1v) is 7.27. The molecule has 1 amide bonds. The Morgan fingerprint density at radius 1 is 1.40 bits per heavy atom. The summed E-state index contributed by atoms with van der Waals surface area (Å²) in [7, 11) is 0. The number of carbonyl (C=O) groups excluding carboxylic acids is 1. The summed E-state index contributed by atoms with van der Waals surface area (Å²) in [6.07, 6.45) is 0.812. The molecule has 0 spiro atoms. The van der Waals surface area contributed by atoms with E-state index in [1.165, 1.54) is 4.90 Å². The minimum atomic E-state index is -0.824. The molecule has 0 saturated carbocycles. The summed E-state index contributed by atoms with van der Waals surface area (Å²) in [5, 5.41) is 10.8. The van der Waals surface area contributed by atoms with Gasteiger partial charge >= 0.3 is 0 Å². The van der Waals surface area contributed by atoms with Gasteiger partial charge in [-0.1, -0.05) is 0 Å². The van der Waals surface area contributed by atoms with Crippen molar-refractivity contribution in [1.82, 2.24) is 4.90 Å². The van der Waals surface area contributed by atoms with Gasteiger partial charge in [0.15, 0.2) is 0 Å². The van der Waals surface area contributed by atoms with Gasteiger partial charge in [0.2, 0.25) is 0 Å². The zero-order valence-corrected chi connectivity index (χ0v) is 11.5. The zero-order chi connectivity index (χ0) is 14.7. The Labute approximate surface area is 119 Å². The molecule has 0 unspecified atom stereocenters. The van der Waals surface area contributed by atoms with Gasteiger partial charge in [-0.15, -0.1) is 0 Å². The van der Waals surface area contributed by atoms with E-state index in [1.807, 2.05) is 0 Å². The Bertz CT molecular complexity index is 545. The lowest BCUT2D eigenvalue weighted by molar-refractivity contribution is -0.384. The van der Waals surface area contributed by atoms with Gasteiger partial charge in [-0.25, -0.2) is 4.39 Å². The average molecular weight is 299 g/mol. The van der Waals surface area contributed by atoms with Crippen LogP contribution in [0.25, 0.3) is 0 Å². The van der Waals surface area contributed by atoms with Crippen LogP contribution in [0.3, 0.4) is 0 Å². The molecule has 6 nitrogen and oxygen atoms in total. The lowest BCUT2D eigenvalue weighted by Crippen LogP contribution is -2.34. The number of benzene rings is 1.